The van der Waals surface area contributed by atoms with E-state index in [1.807, 2.05) is 0 Å². The summed E-state index contributed by atoms with van der Waals surface area (Å²) in [4.78, 5) is 80.9. The van der Waals surface area contributed by atoms with Crippen LogP contribution in [0.25, 0.3) is 0 Å². The monoisotopic (exact) mass is 701 g/mol. The maximum absolute atomic E-state index is 13.7. The number of primary amides is 1. The van der Waals surface area contributed by atoms with Crippen molar-refractivity contribution in [3.8, 4) is 0 Å². The minimum Gasteiger partial charge on any atom is -0.481 e. The van der Waals surface area contributed by atoms with E-state index in [0.717, 1.165) is 32.1 Å². The number of carbonyl (C=O) groups excluding carboxylic acids is 5. The molecule has 50 heavy (non-hydrogen) atoms. The molecule has 0 aliphatic heterocycles. The third-order valence-electron chi connectivity index (χ3n) is 8.17. The number of carboxylic acids is 1. The van der Waals surface area contributed by atoms with Gasteiger partial charge in [0.2, 0.25) is 23.6 Å². The summed E-state index contributed by atoms with van der Waals surface area (Å²) in [6.45, 7) is 3.47. The lowest BCUT2D eigenvalue weighted by atomic mass is 9.84. The fourth-order valence-electron chi connectivity index (χ4n) is 5.55. The molecule has 0 radical (unpaired) electrons. The van der Waals surface area contributed by atoms with Crippen molar-refractivity contribution < 1.29 is 38.6 Å². The van der Waals surface area contributed by atoms with Crippen molar-refractivity contribution in [1.29, 1.82) is 0 Å². The molecule has 2 rings (SSSR count). The quantitative estimate of drug-likeness (QED) is 0.0268. The van der Waals surface area contributed by atoms with Crippen LogP contribution in [0.4, 0.5) is 10.5 Å². The van der Waals surface area contributed by atoms with Crippen molar-refractivity contribution in [2.45, 2.75) is 94.8 Å². The van der Waals surface area contributed by atoms with Crippen LogP contribution in [0.2, 0.25) is 0 Å². The van der Waals surface area contributed by atoms with E-state index >= 15 is 0 Å². The van der Waals surface area contributed by atoms with Crippen molar-refractivity contribution in [1.82, 2.24) is 21.3 Å². The SMILES string of the molecule is C=CCOC(=O)N[C@@H](Cc1ccc(N)cc1)C(=O)N[C@@H](CCC(=O)O)C(=O)N[C@@H](CCCN=C(N)N)C(=O)N[C@@H](CC1CCCCC1)C(N)=O. The number of aliphatic imine (C=N–C) groups is 1. The molecule has 276 valence electrons. The molecule has 0 spiro atoms. The van der Waals surface area contributed by atoms with Crippen LogP contribution in [0.1, 0.15) is 69.8 Å². The first-order chi connectivity index (χ1) is 23.8. The van der Waals surface area contributed by atoms with Gasteiger partial charge in [0.1, 0.15) is 30.8 Å². The van der Waals surface area contributed by atoms with Gasteiger partial charge in [-0.2, -0.15) is 0 Å². The van der Waals surface area contributed by atoms with E-state index in [-0.39, 0.29) is 50.7 Å². The van der Waals surface area contributed by atoms with Gasteiger partial charge in [-0.15, -0.1) is 0 Å². The van der Waals surface area contributed by atoms with Gasteiger partial charge in [0.25, 0.3) is 0 Å². The van der Waals surface area contributed by atoms with E-state index < -0.39 is 66.3 Å². The minimum absolute atomic E-state index is 0.0271. The van der Waals surface area contributed by atoms with E-state index in [1.54, 1.807) is 24.3 Å². The number of anilines is 1. The number of amides is 5. The van der Waals surface area contributed by atoms with Crippen LogP contribution in [-0.2, 0) is 35.1 Å². The van der Waals surface area contributed by atoms with Gasteiger partial charge in [0.05, 0.1) is 0 Å². The number of carboxylic acid groups (broad SMARTS) is 1. The number of ether oxygens (including phenoxy) is 1. The summed E-state index contributed by atoms with van der Waals surface area (Å²) in [5, 5.41) is 19.6. The number of carbonyl (C=O) groups is 6. The Hall–Kier alpha value is -5.35. The van der Waals surface area contributed by atoms with Crippen molar-refractivity contribution in [2.75, 3.05) is 18.9 Å². The molecule has 1 aliphatic rings. The van der Waals surface area contributed by atoms with Gasteiger partial charge in [-0.3, -0.25) is 29.0 Å². The molecule has 5 amide bonds. The number of alkyl carbamates (subject to hydrolysis) is 1. The van der Waals surface area contributed by atoms with Crippen LogP contribution < -0.4 is 44.2 Å². The van der Waals surface area contributed by atoms with Gasteiger partial charge >= 0.3 is 12.1 Å². The lowest BCUT2D eigenvalue weighted by molar-refractivity contribution is -0.138. The molecule has 0 bridgehead atoms. The summed E-state index contributed by atoms with van der Waals surface area (Å²) < 4.78 is 4.97. The zero-order valence-electron chi connectivity index (χ0n) is 28.2. The van der Waals surface area contributed by atoms with Crippen LogP contribution >= 0.6 is 0 Å². The highest BCUT2D eigenvalue weighted by molar-refractivity contribution is 5.95. The Bertz CT molecular complexity index is 1340. The Balaban J connectivity index is 2.29. The summed E-state index contributed by atoms with van der Waals surface area (Å²) >= 11 is 0. The van der Waals surface area contributed by atoms with Gasteiger partial charge in [0.15, 0.2) is 5.96 Å². The van der Waals surface area contributed by atoms with Crippen LogP contribution in [-0.4, -0.2) is 84.1 Å². The number of hydrogen-bond donors (Lipinski definition) is 9. The molecule has 17 heteroatoms. The van der Waals surface area contributed by atoms with E-state index in [0.29, 0.717) is 17.7 Å². The molecule has 1 aromatic rings. The first kappa shape index (κ1) is 40.8. The Morgan fingerprint density at radius 3 is 2.00 bits per heavy atom. The van der Waals surface area contributed by atoms with E-state index in [4.69, 9.17) is 27.7 Å². The molecular formula is C33H51N9O8. The van der Waals surface area contributed by atoms with Crippen LogP contribution in [0.5, 0.6) is 0 Å². The third-order valence-corrected chi connectivity index (χ3v) is 8.17. The summed E-state index contributed by atoms with van der Waals surface area (Å²) in [5.74, 6) is -4.30. The molecule has 0 unspecified atom stereocenters. The second-order valence-corrected chi connectivity index (χ2v) is 12.2. The molecule has 0 aromatic heterocycles. The predicted molar refractivity (Wildman–Crippen MR) is 186 cm³/mol. The summed E-state index contributed by atoms with van der Waals surface area (Å²) in [6, 6.07) is 1.62. The molecule has 13 N–H and O–H groups in total. The fourth-order valence-corrected chi connectivity index (χ4v) is 5.55. The van der Waals surface area contributed by atoms with Gasteiger partial charge in [-0.05, 0) is 49.3 Å². The second-order valence-electron chi connectivity index (χ2n) is 12.2. The number of nitrogens with zero attached hydrogens (tertiary/aromatic N) is 1. The number of benzene rings is 1. The number of nitrogen functional groups attached to an aromatic ring is 1. The lowest BCUT2D eigenvalue weighted by Crippen LogP contribution is -2.58. The molecule has 1 saturated carbocycles. The number of nitrogens with one attached hydrogen (secondary N) is 4. The highest BCUT2D eigenvalue weighted by Crippen LogP contribution is 2.27. The largest absolute Gasteiger partial charge is 0.481 e. The third kappa shape index (κ3) is 15.7. The number of guanidine groups is 1. The molecule has 1 aromatic carbocycles. The standard InChI is InChI=1S/C33H51N9O8/c1-2-17-50-33(49)42-26(19-21-10-12-22(34)13-11-21)31(48)40-24(14-15-27(43)44)30(47)39-23(9-6-16-38-32(36)37)29(46)41-25(28(35)45)18-20-7-4-3-5-8-20/h2,10-13,20,23-26H,1,3-9,14-19,34H2,(H2,35,45)(H,39,47)(H,40,48)(H,41,46)(H,42,49)(H,43,44)(H4,36,37,38)/t23-,24-,25-,26-/m0/s1. The number of nitrogens with two attached hydrogens (primary N) is 4. The maximum atomic E-state index is 13.7. The van der Waals surface area contributed by atoms with E-state index in [9.17, 15) is 33.9 Å². The summed E-state index contributed by atoms with van der Waals surface area (Å²) in [6.07, 6.45) is 5.09. The van der Waals surface area contributed by atoms with Gasteiger partial charge in [0, 0.05) is 25.1 Å². The smallest absolute Gasteiger partial charge is 0.408 e. The second kappa shape index (κ2) is 21.6. The van der Waals surface area contributed by atoms with Crippen LogP contribution in [0.15, 0.2) is 41.9 Å². The number of hydrogen-bond acceptors (Lipinski definition) is 9. The Morgan fingerprint density at radius 2 is 1.44 bits per heavy atom. The summed E-state index contributed by atoms with van der Waals surface area (Å²) in [7, 11) is 0. The molecule has 0 saturated heterocycles. The first-order valence-corrected chi connectivity index (χ1v) is 16.6. The molecule has 1 fully saturated rings. The number of rotatable bonds is 21. The van der Waals surface area contributed by atoms with Gasteiger partial charge in [-0.25, -0.2) is 4.79 Å². The highest BCUT2D eigenvalue weighted by atomic mass is 16.5. The Morgan fingerprint density at radius 1 is 0.860 bits per heavy atom. The molecule has 4 atom stereocenters. The summed E-state index contributed by atoms with van der Waals surface area (Å²) in [5.41, 5.74) is 23.3. The highest BCUT2D eigenvalue weighted by Gasteiger charge is 2.32. The van der Waals surface area contributed by atoms with Crippen LogP contribution in [0.3, 0.4) is 0 Å². The van der Waals surface area contributed by atoms with E-state index in [2.05, 4.69) is 32.8 Å². The normalized spacial score (nSPS) is 15.2. The van der Waals surface area contributed by atoms with Crippen molar-refractivity contribution >= 4 is 47.3 Å². The average molecular weight is 702 g/mol. The van der Waals surface area contributed by atoms with Gasteiger partial charge < -0.3 is 54.0 Å². The molecule has 0 heterocycles. The van der Waals surface area contributed by atoms with Crippen molar-refractivity contribution in [2.24, 2.45) is 28.1 Å². The zero-order valence-corrected chi connectivity index (χ0v) is 28.2. The fraction of sp³-hybridized carbons (Fsp3) is 0.545. The topological polar surface area (TPSA) is 296 Å². The molecule has 17 nitrogen and oxygen atoms in total. The lowest BCUT2D eigenvalue weighted by Gasteiger charge is -2.28. The predicted octanol–water partition coefficient (Wildman–Crippen LogP) is -0.0794. The van der Waals surface area contributed by atoms with E-state index in [1.165, 1.54) is 6.08 Å². The molecular weight excluding hydrogens is 650 g/mol. The Labute approximate surface area is 291 Å². The Kier molecular flexibility index (Phi) is 17.6. The zero-order chi connectivity index (χ0) is 37.1. The van der Waals surface area contributed by atoms with Gasteiger partial charge in [-0.1, -0.05) is 56.9 Å². The maximum Gasteiger partial charge on any atom is 0.408 e. The van der Waals surface area contributed by atoms with Crippen molar-refractivity contribution in [3.63, 3.8) is 0 Å². The van der Waals surface area contributed by atoms with Crippen LogP contribution in [0, 0.1) is 5.92 Å². The minimum atomic E-state index is -1.44. The average Bonchev–Trinajstić information content (AvgIpc) is 3.07. The molecule has 1 aliphatic carbocycles. The first-order valence-electron chi connectivity index (χ1n) is 16.6. The van der Waals surface area contributed by atoms with Crippen molar-refractivity contribution in [3.05, 3.63) is 42.5 Å². The number of aliphatic carboxylic acids is 1.